The molecule has 38 heavy (non-hydrogen) atoms. The Balaban J connectivity index is 1.22. The van der Waals surface area contributed by atoms with Crippen molar-refractivity contribution in [2.75, 3.05) is 19.6 Å². The van der Waals surface area contributed by atoms with Crippen LogP contribution in [-0.4, -0.2) is 58.3 Å². The third-order valence-electron chi connectivity index (χ3n) is 7.54. The van der Waals surface area contributed by atoms with Crippen LogP contribution in [0.15, 0.2) is 52.2 Å². The van der Waals surface area contributed by atoms with E-state index < -0.39 is 15.9 Å². The lowest BCUT2D eigenvalue weighted by Crippen LogP contribution is -2.44. The Morgan fingerprint density at radius 3 is 2.53 bits per heavy atom. The number of hydrogen-bond donors (Lipinski definition) is 0. The van der Waals surface area contributed by atoms with E-state index in [0.717, 1.165) is 28.2 Å². The molecular formula is C27H30ClN5O4S. The molecule has 200 valence electrons. The first-order valence-corrected chi connectivity index (χ1v) is 14.8. The number of halogens is 1. The number of nitriles is 1. The number of rotatable bonds is 8. The van der Waals surface area contributed by atoms with Crippen LogP contribution < -0.4 is 5.69 Å². The molecule has 3 heterocycles. The number of nitrogens with zero attached hydrogens (tertiary/aromatic N) is 5. The topological polar surface area (TPSA) is 108 Å². The fourth-order valence-electron chi connectivity index (χ4n) is 5.71. The first-order chi connectivity index (χ1) is 18.3. The average Bonchev–Trinajstić information content (AvgIpc) is 3.28. The van der Waals surface area contributed by atoms with Crippen molar-refractivity contribution in [1.82, 2.24) is 18.3 Å². The fraction of sp³-hybridized carbons (Fsp3) is 0.444. The number of imidazole rings is 1. The summed E-state index contributed by atoms with van der Waals surface area (Å²) in [5, 5.41) is 10.2. The van der Waals surface area contributed by atoms with E-state index in [0.29, 0.717) is 43.9 Å². The number of piperidine rings is 1. The minimum absolute atomic E-state index is 0.00551. The van der Waals surface area contributed by atoms with E-state index in [2.05, 4.69) is 11.0 Å². The van der Waals surface area contributed by atoms with Crippen molar-refractivity contribution in [2.45, 2.75) is 62.6 Å². The van der Waals surface area contributed by atoms with Crippen molar-refractivity contribution in [1.29, 1.82) is 5.26 Å². The molecule has 0 bridgehead atoms. The van der Waals surface area contributed by atoms with Gasteiger partial charge in [-0.2, -0.15) is 5.26 Å². The number of aromatic nitrogens is 2. The molecule has 0 unspecified atom stereocenters. The van der Waals surface area contributed by atoms with Gasteiger partial charge < -0.3 is 0 Å². The molecule has 0 saturated carbocycles. The molecule has 11 heteroatoms. The van der Waals surface area contributed by atoms with Gasteiger partial charge in [0.2, 0.25) is 0 Å². The van der Waals surface area contributed by atoms with Gasteiger partial charge in [-0.05, 0) is 69.0 Å². The van der Waals surface area contributed by atoms with Crippen molar-refractivity contribution in [3.8, 4) is 6.07 Å². The fourth-order valence-corrected chi connectivity index (χ4v) is 7.46. The minimum Gasteiger partial charge on any atom is -0.292 e. The maximum absolute atomic E-state index is 13.3. The highest BCUT2D eigenvalue weighted by Crippen LogP contribution is 2.33. The predicted molar refractivity (Wildman–Crippen MR) is 145 cm³/mol. The van der Waals surface area contributed by atoms with Crippen LogP contribution in [-0.2, 0) is 16.6 Å². The number of amides is 1. The van der Waals surface area contributed by atoms with Crippen LogP contribution in [0.3, 0.4) is 0 Å². The summed E-state index contributed by atoms with van der Waals surface area (Å²) in [5.74, 6) is -0.550. The van der Waals surface area contributed by atoms with Gasteiger partial charge in [0.25, 0.3) is 15.9 Å². The maximum atomic E-state index is 13.3. The molecule has 2 atom stereocenters. The summed E-state index contributed by atoms with van der Waals surface area (Å²) in [6.45, 7) is 4.05. The zero-order chi connectivity index (χ0) is 27.0. The molecule has 9 nitrogen and oxygen atoms in total. The zero-order valence-corrected chi connectivity index (χ0v) is 22.8. The Kier molecular flexibility index (Phi) is 7.36. The summed E-state index contributed by atoms with van der Waals surface area (Å²) in [5.41, 5.74) is 1.91. The molecular weight excluding hydrogens is 526 g/mol. The molecule has 0 spiro atoms. The smallest absolute Gasteiger partial charge is 0.292 e. The van der Waals surface area contributed by atoms with Gasteiger partial charge in [-0.1, -0.05) is 30.7 Å². The van der Waals surface area contributed by atoms with Crippen LogP contribution in [0.2, 0.25) is 5.02 Å². The Labute approximate surface area is 226 Å². The summed E-state index contributed by atoms with van der Waals surface area (Å²) in [6.07, 6.45) is 3.26. The first kappa shape index (κ1) is 26.5. The van der Waals surface area contributed by atoms with Gasteiger partial charge in [0.05, 0.1) is 28.7 Å². The van der Waals surface area contributed by atoms with E-state index in [9.17, 15) is 23.3 Å². The highest BCUT2D eigenvalue weighted by atomic mass is 35.5. The summed E-state index contributed by atoms with van der Waals surface area (Å²) in [6, 6.07) is 14.0. The molecule has 2 aliphatic rings. The van der Waals surface area contributed by atoms with E-state index in [-0.39, 0.29) is 34.8 Å². The molecule has 2 aliphatic heterocycles. The van der Waals surface area contributed by atoms with Gasteiger partial charge >= 0.3 is 5.69 Å². The van der Waals surface area contributed by atoms with Crippen molar-refractivity contribution in [3.05, 3.63) is 63.5 Å². The molecule has 5 rings (SSSR count). The first-order valence-electron chi connectivity index (χ1n) is 13.0. The SMILES string of the molecule is CCCn1c(=O)n([C@H]2CCN(CCCCN3C(=O)c4cc(Cl)ccc4S3(=O)=O)[C@H](C#N)C2)c2ccccc21. The Morgan fingerprint density at radius 2 is 1.79 bits per heavy atom. The molecule has 1 amide bonds. The number of likely N-dealkylation sites (tertiary alicyclic amines) is 1. The standard InChI is InChI=1S/C27H30ClN5O4S/c1-2-12-31-23-7-3-4-8-24(23)33(27(31)35)20-11-15-30(21(17-20)18-29)13-5-6-14-32-26(34)22-16-19(28)9-10-25(22)38(32,36)37/h3-4,7-10,16,20-21H,2,5-6,11-15,17H2,1H3/t20-,21-/m0/s1. The van der Waals surface area contributed by atoms with Gasteiger partial charge in [-0.15, -0.1) is 0 Å². The number of fused-ring (bicyclic) bond motifs is 2. The molecule has 0 radical (unpaired) electrons. The average molecular weight is 556 g/mol. The van der Waals surface area contributed by atoms with Crippen LogP contribution in [0.25, 0.3) is 11.0 Å². The largest absolute Gasteiger partial charge is 0.329 e. The maximum Gasteiger partial charge on any atom is 0.329 e. The summed E-state index contributed by atoms with van der Waals surface area (Å²) in [7, 11) is -3.87. The Hall–Kier alpha value is -3.13. The van der Waals surface area contributed by atoms with Crippen LogP contribution in [0.5, 0.6) is 0 Å². The second-order valence-electron chi connectivity index (χ2n) is 9.88. The highest BCUT2D eigenvalue weighted by molar-refractivity contribution is 7.90. The summed E-state index contributed by atoms with van der Waals surface area (Å²) >= 11 is 5.95. The second-order valence-corrected chi connectivity index (χ2v) is 12.1. The van der Waals surface area contributed by atoms with Gasteiger partial charge in [-0.25, -0.2) is 17.5 Å². The number of sulfonamides is 1. The lowest BCUT2D eigenvalue weighted by atomic mass is 9.97. The van der Waals surface area contributed by atoms with Crippen molar-refractivity contribution in [3.63, 3.8) is 0 Å². The number of unbranched alkanes of at least 4 members (excludes halogenated alkanes) is 1. The van der Waals surface area contributed by atoms with Crippen LogP contribution in [0.4, 0.5) is 0 Å². The molecule has 0 aliphatic carbocycles. The number of para-hydroxylation sites is 2. The minimum atomic E-state index is -3.87. The molecule has 0 N–H and O–H groups in total. The number of aryl methyl sites for hydroxylation is 1. The lowest BCUT2D eigenvalue weighted by molar-refractivity contribution is 0.0866. The predicted octanol–water partition coefficient (Wildman–Crippen LogP) is 4.02. The third-order valence-corrected chi connectivity index (χ3v) is 9.61. The lowest BCUT2D eigenvalue weighted by Gasteiger charge is -2.36. The second kappa shape index (κ2) is 10.6. The van der Waals surface area contributed by atoms with E-state index in [1.807, 2.05) is 40.3 Å². The molecule has 1 fully saturated rings. The molecule has 1 aromatic heterocycles. The third kappa shape index (κ3) is 4.53. The molecule has 3 aromatic rings. The number of hydrogen-bond acceptors (Lipinski definition) is 6. The quantitative estimate of drug-likeness (QED) is 0.388. The van der Waals surface area contributed by atoms with E-state index in [1.54, 1.807) is 0 Å². The highest BCUT2D eigenvalue weighted by Gasteiger charge is 2.41. The van der Waals surface area contributed by atoms with Gasteiger partial charge in [0, 0.05) is 30.7 Å². The van der Waals surface area contributed by atoms with Crippen LogP contribution >= 0.6 is 11.6 Å². The summed E-state index contributed by atoms with van der Waals surface area (Å²) < 4.78 is 30.2. The molecule has 1 saturated heterocycles. The van der Waals surface area contributed by atoms with Crippen molar-refractivity contribution in [2.24, 2.45) is 0 Å². The summed E-state index contributed by atoms with van der Waals surface area (Å²) in [4.78, 5) is 28.1. The van der Waals surface area contributed by atoms with Gasteiger partial charge in [0.15, 0.2) is 0 Å². The van der Waals surface area contributed by atoms with Crippen LogP contribution in [0, 0.1) is 11.3 Å². The van der Waals surface area contributed by atoms with Crippen molar-refractivity contribution >= 4 is 38.6 Å². The normalized spacial score (nSPS) is 21.1. The number of carbonyl (C=O) groups excluding carboxylic acids is 1. The monoisotopic (exact) mass is 555 g/mol. The number of benzene rings is 2. The van der Waals surface area contributed by atoms with E-state index >= 15 is 0 Å². The van der Waals surface area contributed by atoms with E-state index in [1.165, 1.54) is 18.2 Å². The zero-order valence-electron chi connectivity index (χ0n) is 21.2. The van der Waals surface area contributed by atoms with Crippen molar-refractivity contribution < 1.29 is 13.2 Å². The Bertz CT molecular complexity index is 1590. The number of carbonyl (C=O) groups is 1. The van der Waals surface area contributed by atoms with Gasteiger partial charge in [-0.3, -0.25) is 18.8 Å². The van der Waals surface area contributed by atoms with Gasteiger partial charge in [0.1, 0.15) is 4.90 Å². The Morgan fingerprint density at radius 1 is 1.05 bits per heavy atom. The molecule has 2 aromatic carbocycles. The van der Waals surface area contributed by atoms with E-state index in [4.69, 9.17) is 11.6 Å². The van der Waals surface area contributed by atoms with Crippen LogP contribution in [0.1, 0.15) is 55.4 Å².